The second-order valence-electron chi connectivity index (χ2n) is 8.23. The molecule has 0 aliphatic heterocycles. The number of hydrogen-bond donors (Lipinski definition) is 4. The molecule has 8 heteroatoms. The highest BCUT2D eigenvalue weighted by Crippen LogP contribution is 2.24. The Morgan fingerprint density at radius 3 is 2.55 bits per heavy atom. The molecule has 1 aliphatic rings. The van der Waals surface area contributed by atoms with E-state index in [-0.39, 0.29) is 30.4 Å². The monoisotopic (exact) mass is 449 g/mol. The van der Waals surface area contributed by atoms with Crippen molar-refractivity contribution in [2.75, 3.05) is 6.61 Å². The van der Waals surface area contributed by atoms with Crippen LogP contribution in [0.5, 0.6) is 0 Å². The second-order valence-corrected chi connectivity index (χ2v) is 8.23. The minimum atomic E-state index is -0.972. The number of carboxylic acid groups (broad SMARTS) is 1. The van der Waals surface area contributed by atoms with E-state index in [0.717, 1.165) is 23.8 Å². The molecule has 4 N–H and O–H groups in total. The summed E-state index contributed by atoms with van der Waals surface area (Å²) in [7, 11) is 0. The van der Waals surface area contributed by atoms with Crippen LogP contribution in [0.2, 0.25) is 0 Å². The third-order valence-corrected chi connectivity index (χ3v) is 5.79. The van der Waals surface area contributed by atoms with E-state index in [1.54, 1.807) is 18.2 Å². The zero-order chi connectivity index (χ0) is 23.2. The van der Waals surface area contributed by atoms with Crippen LogP contribution in [0.25, 0.3) is 11.0 Å². The van der Waals surface area contributed by atoms with Gasteiger partial charge in [0.1, 0.15) is 18.0 Å². The highest BCUT2D eigenvalue weighted by atomic mass is 16.5. The van der Waals surface area contributed by atoms with Crippen molar-refractivity contribution in [3.63, 3.8) is 0 Å². The number of fused-ring (bicyclic) bond motifs is 1. The van der Waals surface area contributed by atoms with Gasteiger partial charge in [0.05, 0.1) is 6.10 Å². The van der Waals surface area contributed by atoms with Gasteiger partial charge in [-0.05, 0) is 55.5 Å². The number of aliphatic carboxylic acids is 1. The van der Waals surface area contributed by atoms with Crippen molar-refractivity contribution in [1.29, 1.82) is 5.41 Å². The summed E-state index contributed by atoms with van der Waals surface area (Å²) in [5, 5.41) is 23.9. The first-order chi connectivity index (χ1) is 16.0. The lowest BCUT2D eigenvalue weighted by molar-refractivity contribution is -0.145. The van der Waals surface area contributed by atoms with Crippen LogP contribution < -0.4 is 10.6 Å². The first-order valence-electron chi connectivity index (χ1n) is 11.0. The fraction of sp³-hybridized carbons (Fsp3) is 0.320. The summed E-state index contributed by atoms with van der Waals surface area (Å²) in [6, 6.07) is 17.0. The smallest absolute Gasteiger partial charge is 0.329 e. The lowest BCUT2D eigenvalue weighted by Gasteiger charge is -2.28. The second kappa shape index (κ2) is 10.3. The molecule has 1 amide bonds. The van der Waals surface area contributed by atoms with Gasteiger partial charge in [0.15, 0.2) is 5.76 Å². The van der Waals surface area contributed by atoms with Crippen molar-refractivity contribution in [3.8, 4) is 0 Å². The zero-order valence-corrected chi connectivity index (χ0v) is 18.2. The lowest BCUT2D eigenvalue weighted by Crippen LogP contribution is -2.39. The number of furan rings is 1. The average molecular weight is 450 g/mol. The van der Waals surface area contributed by atoms with Crippen molar-refractivity contribution < 1.29 is 23.8 Å². The Balaban J connectivity index is 1.33. The fourth-order valence-electron chi connectivity index (χ4n) is 4.02. The molecule has 0 unspecified atom stereocenters. The third-order valence-electron chi connectivity index (χ3n) is 5.79. The van der Waals surface area contributed by atoms with E-state index >= 15 is 0 Å². The Morgan fingerprint density at radius 1 is 1.06 bits per heavy atom. The van der Waals surface area contributed by atoms with Gasteiger partial charge in [-0.2, -0.15) is 0 Å². The number of carboxylic acids is 1. The summed E-state index contributed by atoms with van der Waals surface area (Å²) in [4.78, 5) is 23.3. The van der Waals surface area contributed by atoms with Gasteiger partial charge in [0, 0.05) is 23.5 Å². The molecule has 8 nitrogen and oxygen atoms in total. The molecular weight excluding hydrogens is 422 g/mol. The molecule has 0 atom stereocenters. The molecule has 0 spiro atoms. The van der Waals surface area contributed by atoms with Crippen molar-refractivity contribution >= 4 is 28.7 Å². The van der Waals surface area contributed by atoms with Gasteiger partial charge in [-0.25, -0.2) is 4.79 Å². The quantitative estimate of drug-likeness (QED) is 0.307. The van der Waals surface area contributed by atoms with Crippen LogP contribution in [0, 0.1) is 5.41 Å². The Bertz CT molecular complexity index is 1130. The first-order valence-corrected chi connectivity index (χ1v) is 11.0. The van der Waals surface area contributed by atoms with E-state index in [1.807, 2.05) is 36.4 Å². The number of benzene rings is 2. The van der Waals surface area contributed by atoms with E-state index in [9.17, 15) is 9.59 Å². The molecule has 1 saturated carbocycles. The van der Waals surface area contributed by atoms with Crippen LogP contribution in [0.3, 0.4) is 0 Å². The van der Waals surface area contributed by atoms with Gasteiger partial charge >= 0.3 is 5.97 Å². The lowest BCUT2D eigenvalue weighted by atomic mass is 9.93. The number of amides is 1. The third kappa shape index (κ3) is 5.98. The van der Waals surface area contributed by atoms with Gasteiger partial charge in [-0.3, -0.25) is 10.2 Å². The molecule has 33 heavy (non-hydrogen) atoms. The molecule has 1 aromatic heterocycles. The zero-order valence-electron chi connectivity index (χ0n) is 18.2. The minimum absolute atomic E-state index is 0.00122. The summed E-state index contributed by atoms with van der Waals surface area (Å²) in [6.45, 7) is 0.266. The van der Waals surface area contributed by atoms with Gasteiger partial charge < -0.3 is 24.9 Å². The minimum Gasteiger partial charge on any atom is -0.480 e. The predicted octanol–water partition coefficient (Wildman–Crippen LogP) is 3.69. The van der Waals surface area contributed by atoms with Crippen LogP contribution in [0.4, 0.5) is 0 Å². The summed E-state index contributed by atoms with van der Waals surface area (Å²) in [5.74, 6) is -0.717. The van der Waals surface area contributed by atoms with Gasteiger partial charge in [0.2, 0.25) is 0 Å². The number of amidine groups is 1. The van der Waals surface area contributed by atoms with Gasteiger partial charge in [-0.15, -0.1) is 0 Å². The molecule has 1 heterocycles. The largest absolute Gasteiger partial charge is 0.480 e. The number of nitrogens with one attached hydrogen (secondary N) is 3. The number of rotatable bonds is 8. The topological polar surface area (TPSA) is 125 Å². The molecular formula is C25H27N3O5. The Labute approximate surface area is 191 Å². The van der Waals surface area contributed by atoms with Crippen LogP contribution in [0.1, 0.15) is 47.4 Å². The molecule has 1 aliphatic carbocycles. The molecule has 4 rings (SSSR count). The SMILES string of the molecule is N=C(NCc1ccccc1)c1ccc2oc(C(=O)NC3CCC(OCC(=O)O)CC3)cc2c1. The maximum atomic E-state index is 12.7. The van der Waals surface area contributed by atoms with E-state index in [0.29, 0.717) is 36.4 Å². The van der Waals surface area contributed by atoms with Crippen molar-refractivity contribution in [2.45, 2.75) is 44.4 Å². The molecule has 0 saturated heterocycles. The van der Waals surface area contributed by atoms with Crippen molar-refractivity contribution in [3.05, 3.63) is 71.5 Å². The molecule has 2 aromatic carbocycles. The van der Waals surface area contributed by atoms with Crippen LogP contribution in [0.15, 0.2) is 59.0 Å². The highest BCUT2D eigenvalue weighted by molar-refractivity contribution is 6.01. The number of ether oxygens (including phenoxy) is 1. The molecule has 3 aromatic rings. The van der Waals surface area contributed by atoms with Crippen LogP contribution in [-0.4, -0.2) is 41.6 Å². The fourth-order valence-corrected chi connectivity index (χ4v) is 4.02. The van der Waals surface area contributed by atoms with Gasteiger partial charge in [-0.1, -0.05) is 30.3 Å². The van der Waals surface area contributed by atoms with E-state index in [1.165, 1.54) is 0 Å². The maximum Gasteiger partial charge on any atom is 0.329 e. The Hall–Kier alpha value is -3.65. The standard InChI is InChI=1S/C25H27N3O5/c26-24(27-14-16-4-2-1-3-5-16)17-6-11-21-18(12-17)13-22(33-21)25(31)28-19-7-9-20(10-8-19)32-15-23(29)30/h1-6,11-13,19-20H,7-10,14-15H2,(H2,26,27)(H,28,31)(H,29,30). The number of carbonyl (C=O) groups is 2. The molecule has 0 radical (unpaired) electrons. The molecule has 1 fully saturated rings. The Kier molecular flexibility index (Phi) is 7.04. The first kappa shape index (κ1) is 22.5. The highest BCUT2D eigenvalue weighted by Gasteiger charge is 2.25. The number of hydrogen-bond acceptors (Lipinski definition) is 5. The summed E-state index contributed by atoms with van der Waals surface area (Å²) in [6.07, 6.45) is 2.79. The van der Waals surface area contributed by atoms with Crippen LogP contribution >= 0.6 is 0 Å². The predicted molar refractivity (Wildman–Crippen MR) is 123 cm³/mol. The van der Waals surface area contributed by atoms with Crippen LogP contribution in [-0.2, 0) is 16.1 Å². The molecule has 172 valence electrons. The Morgan fingerprint density at radius 2 is 1.82 bits per heavy atom. The van der Waals surface area contributed by atoms with Gasteiger partial charge in [0.25, 0.3) is 5.91 Å². The maximum absolute atomic E-state index is 12.7. The molecule has 0 bridgehead atoms. The average Bonchev–Trinajstić information content (AvgIpc) is 3.26. The van der Waals surface area contributed by atoms with Crippen molar-refractivity contribution in [2.24, 2.45) is 0 Å². The van der Waals surface area contributed by atoms with Crippen molar-refractivity contribution in [1.82, 2.24) is 10.6 Å². The summed E-state index contributed by atoms with van der Waals surface area (Å²) in [5.41, 5.74) is 2.39. The normalized spacial score (nSPS) is 18.1. The van der Waals surface area contributed by atoms with E-state index in [2.05, 4.69) is 10.6 Å². The summed E-state index contributed by atoms with van der Waals surface area (Å²) < 4.78 is 11.1. The van der Waals surface area contributed by atoms with E-state index in [4.69, 9.17) is 19.7 Å². The van der Waals surface area contributed by atoms with E-state index < -0.39 is 5.97 Å². The number of carbonyl (C=O) groups excluding carboxylic acids is 1. The summed E-state index contributed by atoms with van der Waals surface area (Å²) >= 11 is 0.